The summed E-state index contributed by atoms with van der Waals surface area (Å²) >= 11 is 1.92. The Hall–Kier alpha value is -1.31. The van der Waals surface area contributed by atoms with E-state index in [1.807, 2.05) is 27.4 Å². The van der Waals surface area contributed by atoms with Crippen LogP contribution in [0, 0.1) is 0 Å². The summed E-state index contributed by atoms with van der Waals surface area (Å²) in [7, 11) is 4.25. The molecular formula is C21H35N5OS. The van der Waals surface area contributed by atoms with Gasteiger partial charge in [0, 0.05) is 55.0 Å². The SMILES string of the molecule is C=CCn1nc(C(=O)N2CCSCC2)c2c1CCC(N(CC)CCN(C)C)C2. The number of hydrogen-bond acceptors (Lipinski definition) is 5. The van der Waals surface area contributed by atoms with Gasteiger partial charge in [-0.25, -0.2) is 0 Å². The van der Waals surface area contributed by atoms with E-state index >= 15 is 0 Å². The predicted molar refractivity (Wildman–Crippen MR) is 117 cm³/mol. The van der Waals surface area contributed by atoms with Crippen molar-refractivity contribution in [2.24, 2.45) is 0 Å². The maximum Gasteiger partial charge on any atom is 0.274 e. The highest BCUT2D eigenvalue weighted by atomic mass is 32.2. The summed E-state index contributed by atoms with van der Waals surface area (Å²) < 4.78 is 2.01. The second-order valence-electron chi connectivity index (χ2n) is 7.98. The van der Waals surface area contributed by atoms with Gasteiger partial charge in [0.1, 0.15) is 0 Å². The average Bonchev–Trinajstić information content (AvgIpc) is 3.06. The summed E-state index contributed by atoms with van der Waals surface area (Å²) in [5.74, 6) is 2.17. The van der Waals surface area contributed by atoms with E-state index in [1.54, 1.807) is 0 Å². The number of hydrogen-bond donors (Lipinski definition) is 0. The molecule has 1 atom stereocenters. The van der Waals surface area contributed by atoms with Crippen molar-refractivity contribution in [2.45, 2.75) is 38.8 Å². The second kappa shape index (κ2) is 9.94. The van der Waals surface area contributed by atoms with Gasteiger partial charge in [0.15, 0.2) is 5.69 Å². The van der Waals surface area contributed by atoms with E-state index in [0.29, 0.717) is 18.3 Å². The van der Waals surface area contributed by atoms with Crippen LogP contribution in [0.4, 0.5) is 0 Å². The molecule has 0 aromatic carbocycles. The molecule has 0 N–H and O–H groups in total. The quantitative estimate of drug-likeness (QED) is 0.619. The highest BCUT2D eigenvalue weighted by molar-refractivity contribution is 7.99. The predicted octanol–water partition coefficient (Wildman–Crippen LogP) is 2.00. The summed E-state index contributed by atoms with van der Waals surface area (Å²) in [5.41, 5.74) is 3.12. The van der Waals surface area contributed by atoms with Crippen LogP contribution in [0.5, 0.6) is 0 Å². The molecule has 1 aliphatic heterocycles. The van der Waals surface area contributed by atoms with Gasteiger partial charge in [-0.2, -0.15) is 16.9 Å². The van der Waals surface area contributed by atoms with Crippen LogP contribution in [0.1, 0.15) is 35.1 Å². The molecule has 1 aromatic heterocycles. The second-order valence-corrected chi connectivity index (χ2v) is 9.20. The molecule has 0 radical (unpaired) electrons. The van der Waals surface area contributed by atoms with Gasteiger partial charge < -0.3 is 9.80 Å². The van der Waals surface area contributed by atoms with Crippen LogP contribution in [0.3, 0.4) is 0 Å². The van der Waals surface area contributed by atoms with Crippen molar-refractivity contribution in [3.05, 3.63) is 29.6 Å². The van der Waals surface area contributed by atoms with Gasteiger partial charge in [-0.15, -0.1) is 6.58 Å². The van der Waals surface area contributed by atoms with E-state index in [4.69, 9.17) is 5.10 Å². The van der Waals surface area contributed by atoms with Crippen LogP contribution in [-0.4, -0.2) is 94.8 Å². The first-order valence-electron chi connectivity index (χ1n) is 10.5. The molecule has 1 aromatic rings. The molecule has 3 rings (SSSR count). The van der Waals surface area contributed by atoms with Crippen molar-refractivity contribution in [3.63, 3.8) is 0 Å². The summed E-state index contributed by atoms with van der Waals surface area (Å²) in [6, 6.07) is 0.488. The normalized spacial score (nSPS) is 19.9. The van der Waals surface area contributed by atoms with Crippen molar-refractivity contribution in [3.8, 4) is 0 Å². The number of carbonyl (C=O) groups is 1. The summed E-state index contributed by atoms with van der Waals surface area (Å²) in [6.07, 6.45) is 4.92. The molecular weight excluding hydrogens is 370 g/mol. The molecule has 2 aliphatic rings. The van der Waals surface area contributed by atoms with Crippen LogP contribution >= 0.6 is 11.8 Å². The lowest BCUT2D eigenvalue weighted by atomic mass is 9.90. The third-order valence-electron chi connectivity index (χ3n) is 5.88. The zero-order valence-corrected chi connectivity index (χ0v) is 18.5. The molecule has 1 unspecified atom stereocenters. The van der Waals surface area contributed by atoms with Crippen molar-refractivity contribution < 1.29 is 4.79 Å². The molecule has 1 amide bonds. The number of likely N-dealkylation sites (N-methyl/N-ethyl adjacent to an activating group) is 2. The molecule has 28 heavy (non-hydrogen) atoms. The number of carbonyl (C=O) groups excluding carboxylic acids is 1. The minimum Gasteiger partial charge on any atom is -0.336 e. The Labute approximate surface area is 173 Å². The van der Waals surface area contributed by atoms with Gasteiger partial charge in [-0.05, 0) is 39.9 Å². The number of fused-ring (bicyclic) bond motifs is 1. The molecule has 156 valence electrons. The van der Waals surface area contributed by atoms with E-state index in [1.165, 1.54) is 11.3 Å². The highest BCUT2D eigenvalue weighted by Gasteiger charge is 2.33. The third kappa shape index (κ3) is 4.81. The van der Waals surface area contributed by atoms with Gasteiger partial charge in [-0.1, -0.05) is 13.0 Å². The van der Waals surface area contributed by atoms with Crippen LogP contribution in [0.25, 0.3) is 0 Å². The molecule has 6 nitrogen and oxygen atoms in total. The van der Waals surface area contributed by atoms with Gasteiger partial charge in [0.2, 0.25) is 0 Å². The molecule has 0 bridgehead atoms. The highest BCUT2D eigenvalue weighted by Crippen LogP contribution is 2.29. The average molecular weight is 406 g/mol. The largest absolute Gasteiger partial charge is 0.336 e. The Kier molecular flexibility index (Phi) is 7.60. The van der Waals surface area contributed by atoms with Gasteiger partial charge in [0.05, 0.1) is 6.54 Å². The monoisotopic (exact) mass is 405 g/mol. The topological polar surface area (TPSA) is 44.6 Å². The number of rotatable bonds is 8. The molecule has 2 heterocycles. The van der Waals surface area contributed by atoms with Crippen molar-refractivity contribution in [1.82, 2.24) is 24.5 Å². The van der Waals surface area contributed by atoms with Gasteiger partial charge in [-0.3, -0.25) is 14.4 Å². The van der Waals surface area contributed by atoms with Gasteiger partial charge >= 0.3 is 0 Å². The lowest BCUT2D eigenvalue weighted by Gasteiger charge is -2.34. The minimum absolute atomic E-state index is 0.122. The van der Waals surface area contributed by atoms with Crippen LogP contribution in [0.15, 0.2) is 12.7 Å². The molecule has 7 heteroatoms. The fourth-order valence-electron chi connectivity index (χ4n) is 4.27. The summed E-state index contributed by atoms with van der Waals surface area (Å²) in [4.78, 5) is 20.0. The number of aromatic nitrogens is 2. The number of allylic oxidation sites excluding steroid dienone is 1. The molecule has 0 saturated carbocycles. The molecule has 1 saturated heterocycles. The number of nitrogens with zero attached hydrogens (tertiary/aromatic N) is 5. The Bertz CT molecular complexity index is 681. The Balaban J connectivity index is 1.83. The molecule has 1 aliphatic carbocycles. The summed E-state index contributed by atoms with van der Waals surface area (Å²) in [6.45, 7) is 11.6. The Morgan fingerprint density at radius 3 is 2.71 bits per heavy atom. The van der Waals surface area contributed by atoms with E-state index < -0.39 is 0 Å². The molecule has 1 fully saturated rings. The smallest absolute Gasteiger partial charge is 0.274 e. The molecule has 0 spiro atoms. The maximum absolute atomic E-state index is 13.2. The van der Waals surface area contributed by atoms with Crippen molar-refractivity contribution >= 4 is 17.7 Å². The van der Waals surface area contributed by atoms with Crippen LogP contribution in [-0.2, 0) is 19.4 Å². The first kappa shape index (κ1) is 21.4. The lowest BCUT2D eigenvalue weighted by Crippen LogP contribution is -2.43. The lowest BCUT2D eigenvalue weighted by molar-refractivity contribution is 0.0763. The van der Waals surface area contributed by atoms with E-state index in [-0.39, 0.29) is 5.91 Å². The zero-order valence-electron chi connectivity index (χ0n) is 17.7. The van der Waals surface area contributed by atoms with Crippen LogP contribution < -0.4 is 0 Å². The zero-order chi connectivity index (χ0) is 20.1. The number of amides is 1. The number of thioether (sulfide) groups is 1. The van der Waals surface area contributed by atoms with E-state index in [9.17, 15) is 4.79 Å². The standard InChI is InChI=1S/C21H35N5OS/c1-5-9-26-19-8-7-17(24(6-2)11-10-23(3)4)16-18(19)20(22-26)21(27)25-12-14-28-15-13-25/h5,17H,1,6-16H2,2-4H3. The van der Waals surface area contributed by atoms with Crippen molar-refractivity contribution in [2.75, 3.05) is 58.3 Å². The summed E-state index contributed by atoms with van der Waals surface area (Å²) in [5, 5.41) is 4.77. The maximum atomic E-state index is 13.2. The van der Waals surface area contributed by atoms with E-state index in [2.05, 4.69) is 37.4 Å². The third-order valence-corrected chi connectivity index (χ3v) is 6.82. The Morgan fingerprint density at radius 1 is 1.32 bits per heavy atom. The van der Waals surface area contributed by atoms with Crippen LogP contribution in [0.2, 0.25) is 0 Å². The van der Waals surface area contributed by atoms with Gasteiger partial charge in [0.25, 0.3) is 5.91 Å². The fraction of sp³-hybridized carbons (Fsp3) is 0.714. The fourth-order valence-corrected chi connectivity index (χ4v) is 5.17. The van der Waals surface area contributed by atoms with E-state index in [0.717, 1.165) is 63.5 Å². The minimum atomic E-state index is 0.122. The Morgan fingerprint density at radius 2 is 2.07 bits per heavy atom. The first-order valence-corrected chi connectivity index (χ1v) is 11.7. The van der Waals surface area contributed by atoms with Crippen molar-refractivity contribution in [1.29, 1.82) is 0 Å². The first-order chi connectivity index (χ1) is 13.5.